The molecule has 1 aliphatic heterocycles. The van der Waals surface area contributed by atoms with Crippen LogP contribution in [-0.4, -0.2) is 42.2 Å². The average molecular weight is 404 g/mol. The molecular formula is C20H22ClN3O2S. The number of hydrogen-bond donors (Lipinski definition) is 2. The zero-order valence-corrected chi connectivity index (χ0v) is 16.6. The van der Waals surface area contributed by atoms with E-state index in [4.69, 9.17) is 28.6 Å². The summed E-state index contributed by atoms with van der Waals surface area (Å²) in [6.07, 6.45) is 1.69. The zero-order chi connectivity index (χ0) is 19.2. The third-order valence-electron chi connectivity index (χ3n) is 4.54. The molecule has 1 fully saturated rings. The topological polar surface area (TPSA) is 53.6 Å². The highest BCUT2D eigenvalue weighted by Gasteiger charge is 2.22. The van der Waals surface area contributed by atoms with Crippen LogP contribution in [-0.2, 0) is 0 Å². The molecule has 0 unspecified atom stereocenters. The fraction of sp³-hybridized carbons (Fsp3) is 0.300. The molecule has 0 saturated carbocycles. The second-order valence-corrected chi connectivity index (χ2v) is 7.23. The van der Waals surface area contributed by atoms with E-state index in [1.807, 2.05) is 36.4 Å². The van der Waals surface area contributed by atoms with Crippen molar-refractivity contribution in [2.75, 3.05) is 25.5 Å². The lowest BCUT2D eigenvalue weighted by Crippen LogP contribution is -2.47. The molecule has 0 aliphatic carbocycles. The number of rotatable bonds is 4. The molecule has 0 radical (unpaired) electrons. The average Bonchev–Trinajstić information content (AvgIpc) is 2.70. The normalized spacial score (nSPS) is 14.5. The van der Waals surface area contributed by atoms with Crippen molar-refractivity contribution in [2.45, 2.75) is 18.9 Å². The quantitative estimate of drug-likeness (QED) is 0.757. The predicted molar refractivity (Wildman–Crippen MR) is 113 cm³/mol. The minimum atomic E-state index is -0.0748. The summed E-state index contributed by atoms with van der Waals surface area (Å²) in [4.78, 5) is 14.6. The number of methoxy groups -OCH3 is 1. The highest BCUT2D eigenvalue weighted by molar-refractivity contribution is 7.80. The van der Waals surface area contributed by atoms with E-state index in [2.05, 4.69) is 15.5 Å². The van der Waals surface area contributed by atoms with Crippen LogP contribution in [0.15, 0.2) is 48.5 Å². The summed E-state index contributed by atoms with van der Waals surface area (Å²) < 4.78 is 5.18. The van der Waals surface area contributed by atoms with Gasteiger partial charge in [-0.3, -0.25) is 4.79 Å². The number of thiocarbonyl (C=S) groups is 1. The van der Waals surface area contributed by atoms with Crippen LogP contribution in [0.3, 0.4) is 0 Å². The van der Waals surface area contributed by atoms with Gasteiger partial charge in [0.15, 0.2) is 5.11 Å². The van der Waals surface area contributed by atoms with Crippen molar-refractivity contribution in [3.05, 3.63) is 59.1 Å². The smallest absolute Gasteiger partial charge is 0.251 e. The molecule has 3 rings (SSSR count). The first kappa shape index (κ1) is 19.5. The first-order chi connectivity index (χ1) is 13.0. The Labute approximate surface area is 169 Å². The number of halogens is 1. The van der Waals surface area contributed by atoms with Crippen LogP contribution in [0.1, 0.15) is 23.2 Å². The molecule has 2 N–H and O–H groups in total. The monoisotopic (exact) mass is 403 g/mol. The summed E-state index contributed by atoms with van der Waals surface area (Å²) in [6.45, 7) is 1.59. The van der Waals surface area contributed by atoms with E-state index >= 15 is 0 Å². The largest absolute Gasteiger partial charge is 0.497 e. The standard InChI is InChI=1S/C20H22ClN3O2S/c1-26-18-4-2-3-14(13-18)19(25)22-17-9-11-24(12-10-17)20(27)23-16-7-5-15(21)6-8-16/h2-8,13,17H,9-12H2,1H3,(H,22,25)(H,23,27). The van der Waals surface area contributed by atoms with Crippen molar-refractivity contribution in [3.63, 3.8) is 0 Å². The highest BCUT2D eigenvalue weighted by atomic mass is 35.5. The van der Waals surface area contributed by atoms with Gasteiger partial charge in [-0.25, -0.2) is 0 Å². The van der Waals surface area contributed by atoms with Crippen molar-refractivity contribution in [1.29, 1.82) is 0 Å². The Morgan fingerprint density at radius 3 is 2.56 bits per heavy atom. The fourth-order valence-electron chi connectivity index (χ4n) is 3.00. The Bertz CT molecular complexity index is 805. The summed E-state index contributed by atoms with van der Waals surface area (Å²) >= 11 is 11.4. The van der Waals surface area contributed by atoms with E-state index in [0.717, 1.165) is 31.6 Å². The van der Waals surface area contributed by atoms with Crippen LogP contribution in [0.25, 0.3) is 0 Å². The lowest BCUT2D eigenvalue weighted by Gasteiger charge is -2.34. The van der Waals surface area contributed by atoms with Crippen molar-refractivity contribution in [2.24, 2.45) is 0 Å². The van der Waals surface area contributed by atoms with Gasteiger partial charge >= 0.3 is 0 Å². The van der Waals surface area contributed by atoms with Gasteiger partial charge in [-0.15, -0.1) is 0 Å². The molecule has 2 aromatic rings. The number of hydrogen-bond acceptors (Lipinski definition) is 3. The molecule has 2 aromatic carbocycles. The van der Waals surface area contributed by atoms with Gasteiger partial charge in [0.2, 0.25) is 0 Å². The molecule has 27 heavy (non-hydrogen) atoms. The van der Waals surface area contributed by atoms with E-state index in [0.29, 0.717) is 21.4 Å². The SMILES string of the molecule is COc1cccc(C(=O)NC2CCN(C(=S)Nc3ccc(Cl)cc3)CC2)c1. The number of nitrogens with one attached hydrogen (secondary N) is 2. The van der Waals surface area contributed by atoms with Crippen LogP contribution in [0.4, 0.5) is 5.69 Å². The third kappa shape index (κ3) is 5.34. The molecule has 1 amide bonds. The van der Waals surface area contributed by atoms with E-state index in [1.165, 1.54) is 0 Å². The minimum Gasteiger partial charge on any atom is -0.497 e. The van der Waals surface area contributed by atoms with Crippen LogP contribution >= 0.6 is 23.8 Å². The number of piperidine rings is 1. The molecule has 0 atom stereocenters. The van der Waals surface area contributed by atoms with Gasteiger partial charge in [-0.1, -0.05) is 17.7 Å². The van der Waals surface area contributed by atoms with Crippen LogP contribution in [0.5, 0.6) is 5.75 Å². The Hall–Kier alpha value is -2.31. The van der Waals surface area contributed by atoms with Gasteiger partial charge in [0, 0.05) is 35.4 Å². The summed E-state index contributed by atoms with van der Waals surface area (Å²) in [7, 11) is 1.59. The van der Waals surface area contributed by atoms with Crippen LogP contribution in [0.2, 0.25) is 5.02 Å². The van der Waals surface area contributed by atoms with E-state index in [9.17, 15) is 4.79 Å². The molecular weight excluding hydrogens is 382 g/mol. The van der Waals surface area contributed by atoms with Gasteiger partial charge < -0.3 is 20.3 Å². The molecule has 1 saturated heterocycles. The number of likely N-dealkylation sites (tertiary alicyclic amines) is 1. The molecule has 0 bridgehead atoms. The molecule has 0 spiro atoms. The second kappa shape index (κ2) is 9.06. The Balaban J connectivity index is 1.48. The van der Waals surface area contributed by atoms with Gasteiger partial charge in [-0.05, 0) is 67.5 Å². The zero-order valence-electron chi connectivity index (χ0n) is 15.1. The molecule has 7 heteroatoms. The number of amides is 1. The Morgan fingerprint density at radius 2 is 1.89 bits per heavy atom. The number of ether oxygens (including phenoxy) is 1. The van der Waals surface area contributed by atoms with Crippen molar-refractivity contribution >= 4 is 40.5 Å². The number of benzene rings is 2. The van der Waals surface area contributed by atoms with E-state index in [1.54, 1.807) is 19.2 Å². The maximum absolute atomic E-state index is 12.4. The summed E-state index contributed by atoms with van der Waals surface area (Å²) in [5.74, 6) is 0.602. The lowest BCUT2D eigenvalue weighted by molar-refractivity contribution is 0.0922. The second-order valence-electron chi connectivity index (χ2n) is 6.40. The van der Waals surface area contributed by atoms with Crippen LogP contribution < -0.4 is 15.4 Å². The molecule has 142 valence electrons. The highest BCUT2D eigenvalue weighted by Crippen LogP contribution is 2.17. The number of anilines is 1. The summed E-state index contributed by atoms with van der Waals surface area (Å²) in [5.41, 5.74) is 1.52. The van der Waals surface area contributed by atoms with Crippen molar-refractivity contribution in [1.82, 2.24) is 10.2 Å². The predicted octanol–water partition coefficient (Wildman–Crippen LogP) is 3.94. The van der Waals surface area contributed by atoms with Gasteiger partial charge in [0.05, 0.1) is 7.11 Å². The van der Waals surface area contributed by atoms with Crippen molar-refractivity contribution < 1.29 is 9.53 Å². The number of carbonyl (C=O) groups excluding carboxylic acids is 1. The van der Waals surface area contributed by atoms with Crippen LogP contribution in [0, 0.1) is 0 Å². The molecule has 0 aromatic heterocycles. The van der Waals surface area contributed by atoms with Gasteiger partial charge in [0.1, 0.15) is 5.75 Å². The van der Waals surface area contributed by atoms with Crippen molar-refractivity contribution in [3.8, 4) is 5.75 Å². The summed E-state index contributed by atoms with van der Waals surface area (Å²) in [5, 5.41) is 7.72. The number of carbonyl (C=O) groups is 1. The first-order valence-electron chi connectivity index (χ1n) is 8.81. The van der Waals surface area contributed by atoms with E-state index in [-0.39, 0.29) is 11.9 Å². The molecule has 1 heterocycles. The van der Waals surface area contributed by atoms with Gasteiger partial charge in [-0.2, -0.15) is 0 Å². The maximum Gasteiger partial charge on any atom is 0.251 e. The third-order valence-corrected chi connectivity index (χ3v) is 5.16. The molecule has 1 aliphatic rings. The minimum absolute atomic E-state index is 0.0748. The summed E-state index contributed by atoms with van der Waals surface area (Å²) in [6, 6.07) is 14.8. The number of nitrogens with zero attached hydrogens (tertiary/aromatic N) is 1. The lowest BCUT2D eigenvalue weighted by atomic mass is 10.0. The Kier molecular flexibility index (Phi) is 6.53. The maximum atomic E-state index is 12.4. The van der Waals surface area contributed by atoms with E-state index < -0.39 is 0 Å². The first-order valence-corrected chi connectivity index (χ1v) is 9.60. The Morgan fingerprint density at radius 1 is 1.19 bits per heavy atom. The van der Waals surface area contributed by atoms with Gasteiger partial charge in [0.25, 0.3) is 5.91 Å². The molecule has 5 nitrogen and oxygen atoms in total. The fourth-order valence-corrected chi connectivity index (χ4v) is 3.42.